The predicted molar refractivity (Wildman–Crippen MR) is 66.4 cm³/mol. The van der Waals surface area contributed by atoms with E-state index in [0.29, 0.717) is 0 Å². The lowest BCUT2D eigenvalue weighted by Gasteiger charge is -2.07. The van der Waals surface area contributed by atoms with E-state index in [2.05, 4.69) is 9.72 Å². The summed E-state index contributed by atoms with van der Waals surface area (Å²) in [4.78, 5) is 49.1. The number of hydrogen-bond donors (Lipinski definition) is 1. The van der Waals surface area contributed by atoms with Gasteiger partial charge in [-0.15, -0.1) is 0 Å². The van der Waals surface area contributed by atoms with E-state index < -0.39 is 22.8 Å². The zero-order valence-corrected chi connectivity index (χ0v) is 10.5. The third-order valence-corrected chi connectivity index (χ3v) is 2.87. The smallest absolute Gasteiger partial charge is 0.343 e. The summed E-state index contributed by atoms with van der Waals surface area (Å²) < 4.78 is 6.47. The van der Waals surface area contributed by atoms with Crippen LogP contribution in [0.1, 0.15) is 10.4 Å². The van der Waals surface area contributed by atoms with E-state index in [9.17, 15) is 19.2 Å². The third-order valence-electron chi connectivity index (χ3n) is 2.87. The van der Waals surface area contributed by atoms with Crippen molar-refractivity contribution in [1.29, 1.82) is 0 Å². The molecule has 0 aromatic carbocycles. The predicted octanol–water partition coefficient (Wildman–Crippen LogP) is -1.29. The quantitative estimate of drug-likeness (QED) is 0.646. The van der Waals surface area contributed by atoms with Crippen molar-refractivity contribution in [2.75, 3.05) is 7.11 Å². The zero-order valence-electron chi connectivity index (χ0n) is 10.5. The Kier molecular flexibility index (Phi) is 2.85. The Hall–Kier alpha value is -2.64. The standard InChI is InChI=1S/C11H11N3O5/c1-13-7-5(9(16)14(2)11(13)18)4-6(8(15)12-7)10(17)19-3/h4H,1-3H3,(H,12,15). The van der Waals surface area contributed by atoms with Crippen molar-refractivity contribution in [2.45, 2.75) is 0 Å². The van der Waals surface area contributed by atoms with Crippen LogP contribution < -0.4 is 16.8 Å². The number of aryl methyl sites for hydroxylation is 1. The van der Waals surface area contributed by atoms with Gasteiger partial charge in [0.05, 0.1) is 12.5 Å². The van der Waals surface area contributed by atoms with Crippen molar-refractivity contribution in [3.63, 3.8) is 0 Å². The maximum atomic E-state index is 12.0. The fraction of sp³-hybridized carbons (Fsp3) is 0.273. The molecule has 19 heavy (non-hydrogen) atoms. The highest BCUT2D eigenvalue weighted by molar-refractivity contribution is 5.92. The molecular formula is C11H11N3O5. The molecule has 0 atom stereocenters. The second-order valence-corrected chi connectivity index (χ2v) is 3.97. The molecule has 0 spiro atoms. The summed E-state index contributed by atoms with van der Waals surface area (Å²) in [5, 5.41) is 0.0598. The van der Waals surface area contributed by atoms with Gasteiger partial charge in [0, 0.05) is 14.1 Å². The van der Waals surface area contributed by atoms with Crippen molar-refractivity contribution >= 4 is 17.0 Å². The summed E-state index contributed by atoms with van der Waals surface area (Å²) in [5.41, 5.74) is -2.11. The van der Waals surface area contributed by atoms with Crippen LogP contribution in [0.2, 0.25) is 0 Å². The number of H-pyrrole nitrogens is 1. The molecular weight excluding hydrogens is 254 g/mol. The highest BCUT2D eigenvalue weighted by Crippen LogP contribution is 2.04. The van der Waals surface area contributed by atoms with E-state index in [1.807, 2.05) is 0 Å². The van der Waals surface area contributed by atoms with Crippen molar-refractivity contribution in [3.05, 3.63) is 42.8 Å². The lowest BCUT2D eigenvalue weighted by molar-refractivity contribution is 0.0599. The van der Waals surface area contributed by atoms with Gasteiger partial charge in [-0.2, -0.15) is 0 Å². The van der Waals surface area contributed by atoms with Crippen LogP contribution in [0.4, 0.5) is 0 Å². The molecule has 8 nitrogen and oxygen atoms in total. The van der Waals surface area contributed by atoms with E-state index >= 15 is 0 Å². The largest absolute Gasteiger partial charge is 0.465 e. The molecule has 0 saturated carbocycles. The molecule has 0 bridgehead atoms. The molecule has 0 aliphatic carbocycles. The summed E-state index contributed by atoms with van der Waals surface area (Å²) in [6.07, 6.45) is 0. The third kappa shape index (κ3) is 1.77. The average Bonchev–Trinajstić information content (AvgIpc) is 2.41. The molecule has 0 saturated heterocycles. The number of carbonyl (C=O) groups excluding carboxylic acids is 1. The van der Waals surface area contributed by atoms with Gasteiger partial charge in [-0.25, -0.2) is 9.59 Å². The summed E-state index contributed by atoms with van der Waals surface area (Å²) in [6.45, 7) is 0. The molecule has 1 N–H and O–H groups in total. The Morgan fingerprint density at radius 2 is 1.84 bits per heavy atom. The van der Waals surface area contributed by atoms with Gasteiger partial charge in [-0.1, -0.05) is 0 Å². The van der Waals surface area contributed by atoms with Gasteiger partial charge in [-0.3, -0.25) is 18.7 Å². The molecule has 8 heteroatoms. The average molecular weight is 265 g/mol. The number of aromatic amines is 1. The molecule has 2 heterocycles. The molecule has 0 fully saturated rings. The first-order valence-electron chi connectivity index (χ1n) is 5.30. The minimum atomic E-state index is -0.848. The summed E-state index contributed by atoms with van der Waals surface area (Å²) in [7, 11) is 3.86. The van der Waals surface area contributed by atoms with Gasteiger partial charge in [0.1, 0.15) is 11.2 Å². The molecule has 0 radical (unpaired) electrons. The van der Waals surface area contributed by atoms with Crippen LogP contribution in [-0.2, 0) is 18.8 Å². The Balaban J connectivity index is 3.04. The molecule has 100 valence electrons. The molecule has 0 aliphatic heterocycles. The second kappa shape index (κ2) is 4.23. The van der Waals surface area contributed by atoms with E-state index in [-0.39, 0.29) is 16.6 Å². The number of carbonyl (C=O) groups is 1. The van der Waals surface area contributed by atoms with Crippen molar-refractivity contribution in [2.24, 2.45) is 14.1 Å². The van der Waals surface area contributed by atoms with Gasteiger partial charge in [0.2, 0.25) is 0 Å². The number of pyridine rings is 1. The van der Waals surface area contributed by atoms with Crippen molar-refractivity contribution in [1.82, 2.24) is 14.1 Å². The maximum Gasteiger partial charge on any atom is 0.343 e. The minimum Gasteiger partial charge on any atom is -0.465 e. The van der Waals surface area contributed by atoms with Crippen LogP contribution in [-0.4, -0.2) is 27.2 Å². The van der Waals surface area contributed by atoms with Gasteiger partial charge in [0.25, 0.3) is 11.1 Å². The SMILES string of the molecule is COC(=O)c1cc2c(=O)n(C)c(=O)n(C)c2[nH]c1=O. The summed E-state index contributed by atoms with van der Waals surface area (Å²) in [6, 6.07) is 1.13. The van der Waals surface area contributed by atoms with Gasteiger partial charge < -0.3 is 9.72 Å². The summed E-state index contributed by atoms with van der Waals surface area (Å²) in [5.74, 6) is -0.848. The Bertz CT molecular complexity index is 855. The van der Waals surface area contributed by atoms with Crippen LogP contribution in [0.25, 0.3) is 11.0 Å². The fourth-order valence-corrected chi connectivity index (χ4v) is 1.80. The Labute approximate surface area is 105 Å². The van der Waals surface area contributed by atoms with E-state index in [0.717, 1.165) is 22.3 Å². The first-order valence-corrected chi connectivity index (χ1v) is 5.30. The lowest BCUT2D eigenvalue weighted by Crippen LogP contribution is -2.38. The number of esters is 1. The zero-order chi connectivity index (χ0) is 14.3. The van der Waals surface area contributed by atoms with Crippen molar-refractivity contribution < 1.29 is 9.53 Å². The van der Waals surface area contributed by atoms with Gasteiger partial charge in [0.15, 0.2) is 0 Å². The highest BCUT2D eigenvalue weighted by Gasteiger charge is 2.16. The highest BCUT2D eigenvalue weighted by atomic mass is 16.5. The van der Waals surface area contributed by atoms with Crippen LogP contribution >= 0.6 is 0 Å². The van der Waals surface area contributed by atoms with Gasteiger partial charge in [-0.05, 0) is 6.07 Å². The first-order chi connectivity index (χ1) is 8.88. The number of ether oxygens (including phenoxy) is 1. The maximum absolute atomic E-state index is 12.0. The van der Waals surface area contributed by atoms with Crippen LogP contribution in [0.15, 0.2) is 20.4 Å². The fourth-order valence-electron chi connectivity index (χ4n) is 1.80. The molecule has 2 aromatic rings. The van der Waals surface area contributed by atoms with Crippen molar-refractivity contribution in [3.8, 4) is 0 Å². The second-order valence-electron chi connectivity index (χ2n) is 3.97. The normalized spacial score (nSPS) is 10.7. The molecule has 0 amide bonds. The number of nitrogens with zero attached hydrogens (tertiary/aromatic N) is 2. The van der Waals surface area contributed by atoms with Crippen LogP contribution in [0, 0.1) is 0 Å². The lowest BCUT2D eigenvalue weighted by atomic mass is 10.2. The van der Waals surface area contributed by atoms with E-state index in [1.165, 1.54) is 14.1 Å². The molecule has 2 rings (SSSR count). The van der Waals surface area contributed by atoms with E-state index in [4.69, 9.17) is 0 Å². The number of aromatic nitrogens is 3. The number of methoxy groups -OCH3 is 1. The Morgan fingerprint density at radius 3 is 2.42 bits per heavy atom. The molecule has 2 aromatic heterocycles. The topological polar surface area (TPSA) is 103 Å². The van der Waals surface area contributed by atoms with Crippen LogP contribution in [0.5, 0.6) is 0 Å². The van der Waals surface area contributed by atoms with Crippen LogP contribution in [0.3, 0.4) is 0 Å². The first kappa shape index (κ1) is 12.8. The number of nitrogens with one attached hydrogen (secondary N) is 1. The Morgan fingerprint density at radius 1 is 1.21 bits per heavy atom. The summed E-state index contributed by atoms with van der Waals surface area (Å²) >= 11 is 0. The number of rotatable bonds is 1. The number of hydrogen-bond acceptors (Lipinski definition) is 5. The molecule has 0 aliphatic rings. The molecule has 0 unspecified atom stereocenters. The van der Waals surface area contributed by atoms with Gasteiger partial charge >= 0.3 is 11.7 Å². The van der Waals surface area contributed by atoms with E-state index in [1.54, 1.807) is 0 Å². The minimum absolute atomic E-state index is 0.0598. The monoisotopic (exact) mass is 265 g/mol. The number of fused-ring (bicyclic) bond motifs is 1.